The summed E-state index contributed by atoms with van der Waals surface area (Å²) < 4.78 is 0. The van der Waals surface area contributed by atoms with Crippen molar-refractivity contribution in [1.29, 1.82) is 0 Å². The maximum absolute atomic E-state index is 12.2. The minimum atomic E-state index is -0.301. The van der Waals surface area contributed by atoms with Crippen LogP contribution in [-0.2, 0) is 0 Å². The Morgan fingerprint density at radius 2 is 1.63 bits per heavy atom. The maximum Gasteiger partial charge on any atom is 0.323 e. The molecule has 3 aromatic rings. The van der Waals surface area contributed by atoms with Crippen LogP contribution in [0.1, 0.15) is 32.8 Å². The van der Waals surface area contributed by atoms with Gasteiger partial charge in [-0.1, -0.05) is 31.2 Å². The van der Waals surface area contributed by atoms with Crippen molar-refractivity contribution in [3.05, 3.63) is 66.4 Å². The lowest BCUT2D eigenvalue weighted by Gasteiger charge is -2.24. The average Bonchev–Trinajstić information content (AvgIpc) is 2.71. The molecule has 4 N–H and O–H groups in total. The number of amides is 2. The Kier molecular flexibility index (Phi) is 6.51. The van der Waals surface area contributed by atoms with Gasteiger partial charge in [0.1, 0.15) is 5.82 Å². The summed E-state index contributed by atoms with van der Waals surface area (Å²) in [6.07, 6.45) is 2.74. The number of anilines is 5. The van der Waals surface area contributed by atoms with Gasteiger partial charge in [0.25, 0.3) is 0 Å². The number of hydrogen-bond acceptors (Lipinski definition) is 5. The number of hydrogen-bond donors (Lipinski definition) is 4. The SMILES string of the molecule is CCC(C)(C)Nc1ncc(C)c(Nc2cccc(NC(=O)Nc3ccccc3)c2)n1. The van der Waals surface area contributed by atoms with E-state index in [2.05, 4.69) is 52.0 Å². The molecule has 30 heavy (non-hydrogen) atoms. The summed E-state index contributed by atoms with van der Waals surface area (Å²) in [4.78, 5) is 21.2. The van der Waals surface area contributed by atoms with Crippen LogP contribution in [0.15, 0.2) is 60.8 Å². The zero-order valence-corrected chi connectivity index (χ0v) is 17.8. The summed E-state index contributed by atoms with van der Waals surface area (Å²) in [5, 5.41) is 12.3. The van der Waals surface area contributed by atoms with E-state index in [0.29, 0.717) is 17.5 Å². The molecule has 1 heterocycles. The van der Waals surface area contributed by atoms with Gasteiger partial charge in [-0.15, -0.1) is 0 Å². The molecular formula is C23H28N6O. The second-order valence-corrected chi connectivity index (χ2v) is 7.74. The van der Waals surface area contributed by atoms with E-state index in [9.17, 15) is 4.79 Å². The van der Waals surface area contributed by atoms with Crippen LogP contribution in [-0.4, -0.2) is 21.5 Å². The number of urea groups is 1. The zero-order chi connectivity index (χ0) is 21.6. The van der Waals surface area contributed by atoms with Crippen LogP contribution in [0.5, 0.6) is 0 Å². The van der Waals surface area contributed by atoms with Gasteiger partial charge in [0, 0.05) is 34.4 Å². The number of carbonyl (C=O) groups excluding carboxylic acids is 1. The molecular weight excluding hydrogens is 376 g/mol. The topological polar surface area (TPSA) is 91.0 Å². The molecule has 7 heteroatoms. The third kappa shape index (κ3) is 5.94. The fraction of sp³-hybridized carbons (Fsp3) is 0.261. The van der Waals surface area contributed by atoms with Crippen molar-refractivity contribution in [2.75, 3.05) is 21.3 Å². The lowest BCUT2D eigenvalue weighted by atomic mass is 10.0. The quantitative estimate of drug-likeness (QED) is 0.401. The number of carbonyl (C=O) groups is 1. The van der Waals surface area contributed by atoms with Gasteiger partial charge in [-0.3, -0.25) is 0 Å². The van der Waals surface area contributed by atoms with E-state index in [0.717, 1.165) is 23.4 Å². The molecule has 0 unspecified atom stereocenters. The van der Waals surface area contributed by atoms with Crippen molar-refractivity contribution >= 4 is 34.9 Å². The monoisotopic (exact) mass is 404 g/mol. The van der Waals surface area contributed by atoms with Gasteiger partial charge >= 0.3 is 6.03 Å². The number of aryl methyl sites for hydroxylation is 1. The first-order valence-corrected chi connectivity index (χ1v) is 9.96. The number of aromatic nitrogens is 2. The summed E-state index contributed by atoms with van der Waals surface area (Å²) in [5.74, 6) is 1.29. The molecule has 2 amide bonds. The van der Waals surface area contributed by atoms with Crippen molar-refractivity contribution < 1.29 is 4.79 Å². The smallest absolute Gasteiger partial charge is 0.323 e. The van der Waals surface area contributed by atoms with Crippen LogP contribution >= 0.6 is 0 Å². The number of para-hydroxylation sites is 1. The Hall–Kier alpha value is -3.61. The van der Waals surface area contributed by atoms with E-state index in [1.807, 2.05) is 61.5 Å². The molecule has 0 saturated carbocycles. The lowest BCUT2D eigenvalue weighted by molar-refractivity contribution is 0.262. The molecule has 0 spiro atoms. The van der Waals surface area contributed by atoms with E-state index in [1.165, 1.54) is 0 Å². The van der Waals surface area contributed by atoms with Gasteiger partial charge in [-0.05, 0) is 57.5 Å². The van der Waals surface area contributed by atoms with Gasteiger partial charge in [0.2, 0.25) is 5.95 Å². The number of benzene rings is 2. The summed E-state index contributed by atoms with van der Waals surface area (Å²) in [5.41, 5.74) is 3.05. The Labute approximate surface area is 177 Å². The fourth-order valence-electron chi connectivity index (χ4n) is 2.65. The number of rotatable bonds is 7. The number of nitrogens with zero attached hydrogens (tertiary/aromatic N) is 2. The Balaban J connectivity index is 1.70. The standard InChI is InChI=1S/C23H28N6O/c1-5-23(3,4)29-21-24-15-16(2)20(28-21)25-18-12-9-13-19(14-18)27-22(30)26-17-10-7-6-8-11-17/h6-15H,5H2,1-4H3,(H2,26,27,30)(H2,24,25,28,29). The Morgan fingerprint density at radius 3 is 2.37 bits per heavy atom. The van der Waals surface area contributed by atoms with Crippen LogP contribution in [0.2, 0.25) is 0 Å². The summed E-state index contributed by atoms with van der Waals surface area (Å²) >= 11 is 0. The molecule has 0 atom stereocenters. The summed E-state index contributed by atoms with van der Waals surface area (Å²) in [6, 6.07) is 16.5. The molecule has 0 aliphatic heterocycles. The average molecular weight is 405 g/mol. The summed E-state index contributed by atoms with van der Waals surface area (Å²) in [7, 11) is 0. The second-order valence-electron chi connectivity index (χ2n) is 7.74. The van der Waals surface area contributed by atoms with Crippen LogP contribution in [0.25, 0.3) is 0 Å². The maximum atomic E-state index is 12.2. The number of nitrogens with one attached hydrogen (secondary N) is 4. The first kappa shape index (κ1) is 21.1. The first-order valence-electron chi connectivity index (χ1n) is 9.96. The highest BCUT2D eigenvalue weighted by molar-refractivity contribution is 6.00. The van der Waals surface area contributed by atoms with Gasteiger partial charge in [0.15, 0.2) is 0 Å². The van der Waals surface area contributed by atoms with Crippen LogP contribution in [0.4, 0.5) is 33.6 Å². The molecule has 156 valence electrons. The predicted octanol–water partition coefficient (Wildman–Crippen LogP) is 5.77. The van der Waals surface area contributed by atoms with Gasteiger partial charge in [-0.2, -0.15) is 4.98 Å². The molecule has 0 radical (unpaired) electrons. The Bertz CT molecular complexity index is 1000. The highest BCUT2D eigenvalue weighted by atomic mass is 16.2. The first-order chi connectivity index (χ1) is 14.3. The van der Waals surface area contributed by atoms with Crippen molar-refractivity contribution in [2.45, 2.75) is 39.7 Å². The molecule has 3 rings (SSSR count). The van der Waals surface area contributed by atoms with Crippen molar-refractivity contribution in [3.63, 3.8) is 0 Å². The third-order valence-corrected chi connectivity index (χ3v) is 4.72. The fourth-order valence-corrected chi connectivity index (χ4v) is 2.65. The molecule has 0 fully saturated rings. The third-order valence-electron chi connectivity index (χ3n) is 4.72. The highest BCUT2D eigenvalue weighted by Gasteiger charge is 2.16. The van der Waals surface area contributed by atoms with Gasteiger partial charge in [0.05, 0.1) is 0 Å². The normalized spacial score (nSPS) is 10.9. The molecule has 0 saturated heterocycles. The second kappa shape index (κ2) is 9.26. The molecule has 0 aliphatic carbocycles. The van der Waals surface area contributed by atoms with Crippen molar-refractivity contribution in [1.82, 2.24) is 9.97 Å². The zero-order valence-electron chi connectivity index (χ0n) is 17.8. The van der Waals surface area contributed by atoms with Crippen molar-refractivity contribution in [2.24, 2.45) is 0 Å². The largest absolute Gasteiger partial charge is 0.349 e. The molecule has 2 aromatic carbocycles. The Morgan fingerprint density at radius 1 is 0.967 bits per heavy atom. The highest BCUT2D eigenvalue weighted by Crippen LogP contribution is 2.23. The van der Waals surface area contributed by atoms with E-state index >= 15 is 0 Å². The molecule has 0 bridgehead atoms. The summed E-state index contributed by atoms with van der Waals surface area (Å²) in [6.45, 7) is 8.29. The van der Waals surface area contributed by atoms with E-state index in [1.54, 1.807) is 6.20 Å². The van der Waals surface area contributed by atoms with Gasteiger partial charge in [-0.25, -0.2) is 9.78 Å². The predicted molar refractivity (Wildman–Crippen MR) is 124 cm³/mol. The van der Waals surface area contributed by atoms with Crippen LogP contribution < -0.4 is 21.3 Å². The lowest BCUT2D eigenvalue weighted by Crippen LogP contribution is -2.30. The molecule has 1 aromatic heterocycles. The van der Waals surface area contributed by atoms with Crippen LogP contribution in [0.3, 0.4) is 0 Å². The van der Waals surface area contributed by atoms with Crippen molar-refractivity contribution in [3.8, 4) is 0 Å². The van der Waals surface area contributed by atoms with E-state index < -0.39 is 0 Å². The van der Waals surface area contributed by atoms with E-state index in [-0.39, 0.29) is 11.6 Å². The van der Waals surface area contributed by atoms with Crippen LogP contribution in [0, 0.1) is 6.92 Å². The van der Waals surface area contributed by atoms with E-state index in [4.69, 9.17) is 0 Å². The minimum Gasteiger partial charge on any atom is -0.349 e. The molecule has 7 nitrogen and oxygen atoms in total. The minimum absolute atomic E-state index is 0.0948. The molecule has 0 aliphatic rings. The van der Waals surface area contributed by atoms with Gasteiger partial charge < -0.3 is 21.3 Å².